The first-order valence-electron chi connectivity index (χ1n) is 16.9. The molecule has 0 fully saturated rings. The largest absolute Gasteiger partial charge is 0.504 e. The summed E-state index contributed by atoms with van der Waals surface area (Å²) in [6, 6.07) is 13.0. The zero-order chi connectivity index (χ0) is 48.3. The van der Waals surface area contributed by atoms with E-state index >= 15 is 0 Å². The number of nitrogens with zero attached hydrogens (tertiary/aromatic N) is 6. The third-order valence-electron chi connectivity index (χ3n) is 8.18. The molecule has 0 aliphatic rings. The lowest BCUT2D eigenvalue weighted by atomic mass is 10.1. The standard InChI is InChI=1S/C32H28N6O21S6/c39-29-26(36-33-18-4-8-20(9-5-18)60(42,43)16-14-58-64(52,53)54)30(40)28(38-35-24-13-12-22-23(32(24)63(49,50)51)2-1-3-25(22)62(46,47)48)31(41)27(29)37-34-19-6-10-21(11-7-19)61(44,45)17-15-59-65(55,56)57/h1-13,39-41H,14-17H2,(H,46,47,48)(H,49,50,51)(H,52,53,54)(H,55,56,57). The lowest BCUT2D eigenvalue weighted by Crippen LogP contribution is -2.15. The van der Waals surface area contributed by atoms with Crippen molar-refractivity contribution >= 4 is 106 Å². The first kappa shape index (κ1) is 50.0. The molecule has 0 heterocycles. The van der Waals surface area contributed by atoms with Crippen LogP contribution in [0.3, 0.4) is 0 Å². The maximum absolute atomic E-state index is 12.6. The van der Waals surface area contributed by atoms with Crippen LogP contribution in [0.15, 0.2) is 129 Å². The lowest BCUT2D eigenvalue weighted by Gasteiger charge is -2.11. The second-order valence-corrected chi connectivity index (χ2v) is 21.7. The highest BCUT2D eigenvalue weighted by Gasteiger charge is 2.27. The van der Waals surface area contributed by atoms with Gasteiger partial charge in [0.1, 0.15) is 15.5 Å². The second kappa shape index (κ2) is 18.9. The number of benzene rings is 5. The normalized spacial score (nSPS) is 13.4. The van der Waals surface area contributed by atoms with Gasteiger partial charge in [0, 0.05) is 10.8 Å². The molecule has 348 valence electrons. The number of phenols is 3. The highest BCUT2D eigenvalue weighted by molar-refractivity contribution is 7.91. The Labute approximate surface area is 367 Å². The molecule has 5 aromatic carbocycles. The van der Waals surface area contributed by atoms with Crippen molar-refractivity contribution in [3.63, 3.8) is 0 Å². The summed E-state index contributed by atoms with van der Waals surface area (Å²) in [5, 5.41) is 55.1. The van der Waals surface area contributed by atoms with Gasteiger partial charge in [0.25, 0.3) is 20.2 Å². The average molecular weight is 1020 g/mol. The minimum atomic E-state index is -5.31. The molecule has 0 amide bonds. The van der Waals surface area contributed by atoms with Crippen molar-refractivity contribution in [3.8, 4) is 17.2 Å². The quantitative estimate of drug-likeness (QED) is 0.0454. The van der Waals surface area contributed by atoms with Crippen LogP contribution in [0, 0.1) is 0 Å². The molecule has 0 aromatic heterocycles. The summed E-state index contributed by atoms with van der Waals surface area (Å²) in [5.74, 6) is -5.41. The molecule has 27 nitrogen and oxygen atoms in total. The fraction of sp³-hybridized carbons (Fsp3) is 0.125. The van der Waals surface area contributed by atoms with Gasteiger partial charge in [0.15, 0.2) is 54.0 Å². The molecular formula is C32H28N6O21S6. The van der Waals surface area contributed by atoms with Gasteiger partial charge in [-0.05, 0) is 60.7 Å². The van der Waals surface area contributed by atoms with Crippen LogP contribution in [0.4, 0.5) is 34.1 Å². The molecule has 0 saturated heterocycles. The molecule has 0 saturated carbocycles. The Morgan fingerprint density at radius 1 is 0.431 bits per heavy atom. The number of hydrogen-bond donors (Lipinski definition) is 7. The van der Waals surface area contributed by atoms with Crippen LogP contribution < -0.4 is 0 Å². The van der Waals surface area contributed by atoms with Gasteiger partial charge in [-0.1, -0.05) is 18.2 Å². The molecule has 0 aliphatic carbocycles. The minimum Gasteiger partial charge on any atom is -0.504 e. The van der Waals surface area contributed by atoms with Crippen LogP contribution in [0.1, 0.15) is 0 Å². The second-order valence-electron chi connectivity index (χ2n) is 12.5. The summed E-state index contributed by atoms with van der Waals surface area (Å²) >= 11 is 0. The number of hydrogen-bond acceptors (Lipinski definition) is 23. The third-order valence-corrected chi connectivity index (χ3v) is 14.4. The molecular weight excluding hydrogens is 997 g/mol. The molecule has 65 heavy (non-hydrogen) atoms. The fourth-order valence-corrected chi connectivity index (χ4v) is 9.83. The molecule has 7 N–H and O–H groups in total. The Balaban J connectivity index is 1.60. The topological polar surface area (TPSA) is 439 Å². The third kappa shape index (κ3) is 12.6. The van der Waals surface area contributed by atoms with Crippen molar-refractivity contribution in [1.82, 2.24) is 0 Å². The Morgan fingerprint density at radius 2 is 0.831 bits per heavy atom. The van der Waals surface area contributed by atoms with E-state index in [2.05, 4.69) is 39.1 Å². The van der Waals surface area contributed by atoms with Crippen LogP contribution in [0.5, 0.6) is 17.2 Å². The van der Waals surface area contributed by atoms with E-state index in [9.17, 15) is 74.9 Å². The van der Waals surface area contributed by atoms with E-state index in [0.717, 1.165) is 78.9 Å². The zero-order valence-electron chi connectivity index (χ0n) is 31.8. The number of phenolic OH excluding ortho intramolecular Hbond substituents is 3. The van der Waals surface area contributed by atoms with E-state index in [0.29, 0.717) is 0 Å². The Bertz CT molecular complexity index is 3330. The Hall–Kier alpha value is -5.98. The highest BCUT2D eigenvalue weighted by Crippen LogP contribution is 2.57. The van der Waals surface area contributed by atoms with Crippen molar-refractivity contribution in [2.75, 3.05) is 24.7 Å². The van der Waals surface area contributed by atoms with Gasteiger partial charge >= 0.3 is 20.8 Å². The molecule has 0 radical (unpaired) electrons. The number of sulfone groups is 2. The van der Waals surface area contributed by atoms with E-state index in [1.54, 1.807) is 0 Å². The SMILES string of the molecule is O=S(=O)(O)OCCS(=O)(=O)c1ccc(N=Nc2c(O)c(N=Nc3ccc(S(=O)(=O)CCOS(=O)(=O)O)cc3)c(O)c(N=Nc3ccc4c(S(=O)(=O)O)cccc4c3S(=O)(=O)O)c2O)cc1. The maximum Gasteiger partial charge on any atom is 0.397 e. The predicted molar refractivity (Wildman–Crippen MR) is 220 cm³/mol. The summed E-state index contributed by atoms with van der Waals surface area (Å²) in [7, 11) is -28.5. The molecule has 0 unspecified atom stereocenters. The van der Waals surface area contributed by atoms with Gasteiger partial charge in [0.2, 0.25) is 0 Å². The maximum atomic E-state index is 12.6. The lowest BCUT2D eigenvalue weighted by molar-refractivity contribution is 0.282. The molecule has 5 rings (SSSR count). The number of azo groups is 3. The summed E-state index contributed by atoms with van der Waals surface area (Å²) in [5.41, 5.74) is -4.04. The molecule has 33 heteroatoms. The van der Waals surface area contributed by atoms with Crippen LogP contribution in [0.25, 0.3) is 10.8 Å². The molecule has 0 aliphatic heterocycles. The van der Waals surface area contributed by atoms with Crippen LogP contribution >= 0.6 is 0 Å². The van der Waals surface area contributed by atoms with Crippen molar-refractivity contribution in [2.45, 2.75) is 19.6 Å². The van der Waals surface area contributed by atoms with Crippen molar-refractivity contribution in [1.29, 1.82) is 0 Å². The molecule has 0 atom stereocenters. The summed E-state index contributed by atoms with van der Waals surface area (Å²) in [4.78, 5) is -2.57. The zero-order valence-corrected chi connectivity index (χ0v) is 36.7. The molecule has 0 bridgehead atoms. The predicted octanol–water partition coefficient (Wildman–Crippen LogP) is 4.88. The van der Waals surface area contributed by atoms with Crippen LogP contribution in [0.2, 0.25) is 0 Å². The Morgan fingerprint density at radius 3 is 1.20 bits per heavy atom. The Kier molecular flexibility index (Phi) is 14.5. The summed E-state index contributed by atoms with van der Waals surface area (Å²) in [6.45, 7) is -1.86. The van der Waals surface area contributed by atoms with Gasteiger partial charge in [-0.2, -0.15) is 43.9 Å². The van der Waals surface area contributed by atoms with Gasteiger partial charge < -0.3 is 15.3 Å². The van der Waals surface area contributed by atoms with Crippen LogP contribution in [-0.4, -0.2) is 109 Å². The monoisotopic (exact) mass is 1020 g/mol. The van der Waals surface area contributed by atoms with Crippen LogP contribution in [-0.2, 0) is 69.1 Å². The molecule has 0 spiro atoms. The van der Waals surface area contributed by atoms with Crippen molar-refractivity contribution in [3.05, 3.63) is 78.9 Å². The van der Waals surface area contributed by atoms with E-state index in [1.807, 2.05) is 0 Å². The van der Waals surface area contributed by atoms with E-state index in [-0.39, 0.29) is 21.2 Å². The van der Waals surface area contributed by atoms with Gasteiger partial charge in [-0.15, -0.1) is 20.5 Å². The number of aromatic hydroxyl groups is 3. The fourth-order valence-electron chi connectivity index (χ4n) is 5.32. The van der Waals surface area contributed by atoms with Gasteiger partial charge in [0.05, 0.1) is 45.9 Å². The molecule has 5 aromatic rings. The summed E-state index contributed by atoms with van der Waals surface area (Å²) in [6.07, 6.45) is 0. The number of fused-ring (bicyclic) bond motifs is 1. The first-order valence-corrected chi connectivity index (χ1v) is 25.9. The number of rotatable bonds is 18. The first-order chi connectivity index (χ1) is 30.0. The van der Waals surface area contributed by atoms with Crippen molar-refractivity contribution in [2.24, 2.45) is 30.7 Å². The smallest absolute Gasteiger partial charge is 0.397 e. The van der Waals surface area contributed by atoms with Gasteiger partial charge in [-0.25, -0.2) is 25.2 Å². The van der Waals surface area contributed by atoms with E-state index < -0.39 is 146 Å². The van der Waals surface area contributed by atoms with Gasteiger partial charge in [-0.3, -0.25) is 18.2 Å². The summed E-state index contributed by atoms with van der Waals surface area (Å²) < 4.78 is 188. The average Bonchev–Trinajstić information content (AvgIpc) is 3.18. The highest BCUT2D eigenvalue weighted by atomic mass is 32.3. The van der Waals surface area contributed by atoms with Crippen molar-refractivity contribution < 1.29 is 92.4 Å². The van der Waals surface area contributed by atoms with E-state index in [4.69, 9.17) is 9.11 Å². The minimum absolute atomic E-state index is 0.172. The van der Waals surface area contributed by atoms with E-state index in [1.165, 1.54) is 0 Å².